The SMILES string of the molecule is O=C(CN1C(=O)CCC1=O)OC1=CN(Cc2ccccc2)S(=O)(=O)c2ccccc21. The second-order valence-electron chi connectivity index (χ2n) is 6.87. The highest BCUT2D eigenvalue weighted by atomic mass is 32.2. The van der Waals surface area contributed by atoms with Crippen LogP contribution in [-0.4, -0.2) is 42.0 Å². The quantitative estimate of drug-likeness (QED) is 0.535. The van der Waals surface area contributed by atoms with E-state index in [0.717, 1.165) is 14.8 Å². The number of rotatable bonds is 5. The molecule has 0 saturated carbocycles. The zero-order valence-corrected chi connectivity index (χ0v) is 16.7. The van der Waals surface area contributed by atoms with Crippen molar-refractivity contribution in [3.05, 3.63) is 71.9 Å². The number of benzene rings is 2. The zero-order chi connectivity index (χ0) is 21.3. The summed E-state index contributed by atoms with van der Waals surface area (Å²) in [6.07, 6.45) is 1.40. The number of fused-ring (bicyclic) bond motifs is 1. The van der Waals surface area contributed by atoms with Gasteiger partial charge in [0.05, 0.1) is 17.6 Å². The number of imide groups is 1. The second kappa shape index (κ2) is 7.75. The molecule has 1 fully saturated rings. The number of carbonyl (C=O) groups is 3. The fourth-order valence-electron chi connectivity index (χ4n) is 3.35. The lowest BCUT2D eigenvalue weighted by Gasteiger charge is -2.28. The Balaban J connectivity index is 1.63. The van der Waals surface area contributed by atoms with Gasteiger partial charge in [0.2, 0.25) is 11.8 Å². The topological polar surface area (TPSA) is 101 Å². The fourth-order valence-corrected chi connectivity index (χ4v) is 4.85. The maximum atomic E-state index is 13.0. The molecule has 0 spiro atoms. The van der Waals surface area contributed by atoms with Crippen molar-refractivity contribution < 1.29 is 27.5 Å². The molecule has 2 aromatic carbocycles. The zero-order valence-electron chi connectivity index (χ0n) is 15.9. The van der Waals surface area contributed by atoms with Crippen LogP contribution in [0.5, 0.6) is 0 Å². The summed E-state index contributed by atoms with van der Waals surface area (Å²) in [5, 5.41) is 0. The third-order valence-corrected chi connectivity index (χ3v) is 6.61. The molecule has 2 aliphatic rings. The van der Waals surface area contributed by atoms with Crippen molar-refractivity contribution in [3.8, 4) is 0 Å². The summed E-state index contributed by atoms with van der Waals surface area (Å²) >= 11 is 0. The Morgan fingerprint density at radius 2 is 1.57 bits per heavy atom. The van der Waals surface area contributed by atoms with Crippen molar-refractivity contribution in [3.63, 3.8) is 0 Å². The van der Waals surface area contributed by atoms with Crippen molar-refractivity contribution in [2.24, 2.45) is 0 Å². The summed E-state index contributed by atoms with van der Waals surface area (Å²) in [4.78, 5) is 36.8. The Kier molecular flexibility index (Phi) is 5.13. The summed E-state index contributed by atoms with van der Waals surface area (Å²) < 4.78 is 32.6. The number of esters is 1. The Labute approximate surface area is 173 Å². The van der Waals surface area contributed by atoms with Crippen molar-refractivity contribution >= 4 is 33.6 Å². The maximum absolute atomic E-state index is 13.0. The van der Waals surface area contributed by atoms with Crippen LogP contribution in [0.15, 0.2) is 65.7 Å². The molecule has 0 radical (unpaired) electrons. The summed E-state index contributed by atoms with van der Waals surface area (Å²) in [6.45, 7) is -0.454. The smallest absolute Gasteiger partial charge is 0.331 e. The highest BCUT2D eigenvalue weighted by Crippen LogP contribution is 2.34. The van der Waals surface area contributed by atoms with E-state index in [0.29, 0.717) is 0 Å². The van der Waals surface area contributed by atoms with Crippen LogP contribution < -0.4 is 0 Å². The van der Waals surface area contributed by atoms with Crippen LogP contribution in [-0.2, 0) is 35.7 Å². The molecule has 2 heterocycles. The van der Waals surface area contributed by atoms with E-state index in [2.05, 4.69) is 0 Å². The van der Waals surface area contributed by atoms with E-state index in [1.807, 2.05) is 6.07 Å². The van der Waals surface area contributed by atoms with Crippen LogP contribution in [0.1, 0.15) is 24.0 Å². The lowest BCUT2D eigenvalue weighted by molar-refractivity contribution is -0.148. The van der Waals surface area contributed by atoms with E-state index >= 15 is 0 Å². The van der Waals surface area contributed by atoms with Gasteiger partial charge in [-0.3, -0.25) is 18.8 Å². The Morgan fingerprint density at radius 3 is 2.27 bits per heavy atom. The molecule has 30 heavy (non-hydrogen) atoms. The number of nitrogens with zero attached hydrogens (tertiary/aromatic N) is 2. The van der Waals surface area contributed by atoms with Gasteiger partial charge in [-0.05, 0) is 17.7 Å². The predicted octanol–water partition coefficient (Wildman–Crippen LogP) is 1.88. The van der Waals surface area contributed by atoms with E-state index in [1.54, 1.807) is 36.4 Å². The second-order valence-corrected chi connectivity index (χ2v) is 8.73. The van der Waals surface area contributed by atoms with Crippen LogP contribution in [0.3, 0.4) is 0 Å². The van der Waals surface area contributed by atoms with E-state index in [1.165, 1.54) is 18.3 Å². The van der Waals surface area contributed by atoms with Gasteiger partial charge in [0, 0.05) is 18.4 Å². The molecule has 0 atom stereocenters. The average Bonchev–Trinajstić information content (AvgIpc) is 3.04. The van der Waals surface area contributed by atoms with Crippen molar-refractivity contribution in [1.29, 1.82) is 0 Å². The average molecular weight is 426 g/mol. The summed E-state index contributed by atoms with van der Waals surface area (Å²) in [7, 11) is -3.84. The molecule has 2 aromatic rings. The lowest BCUT2D eigenvalue weighted by Crippen LogP contribution is -2.36. The van der Waals surface area contributed by atoms with Crippen molar-refractivity contribution in [2.45, 2.75) is 24.3 Å². The Hall–Kier alpha value is -3.46. The minimum atomic E-state index is -3.84. The van der Waals surface area contributed by atoms with Crippen LogP contribution in [0, 0.1) is 0 Å². The number of hydrogen-bond acceptors (Lipinski definition) is 6. The van der Waals surface area contributed by atoms with E-state index < -0.39 is 34.4 Å². The minimum absolute atomic E-state index is 0.0135. The van der Waals surface area contributed by atoms with Gasteiger partial charge in [-0.2, -0.15) is 0 Å². The molecule has 0 N–H and O–H groups in total. The van der Waals surface area contributed by atoms with Gasteiger partial charge in [-0.1, -0.05) is 42.5 Å². The predicted molar refractivity (Wildman–Crippen MR) is 106 cm³/mol. The number of amides is 2. The fraction of sp³-hybridized carbons (Fsp3) is 0.190. The van der Waals surface area contributed by atoms with Gasteiger partial charge in [-0.15, -0.1) is 0 Å². The highest BCUT2D eigenvalue weighted by molar-refractivity contribution is 7.89. The van der Waals surface area contributed by atoms with Crippen LogP contribution >= 0.6 is 0 Å². The standard InChI is InChI=1S/C21H18N2O6S/c24-19-10-11-20(25)23(19)14-21(26)29-17-13-22(12-15-6-2-1-3-7-15)30(27,28)18-9-5-4-8-16(17)18/h1-9,13H,10-12,14H2. The minimum Gasteiger partial charge on any atom is -0.423 e. The molecule has 0 unspecified atom stereocenters. The van der Waals surface area contributed by atoms with Crippen LogP contribution in [0.2, 0.25) is 0 Å². The monoisotopic (exact) mass is 426 g/mol. The van der Waals surface area contributed by atoms with Crippen LogP contribution in [0.4, 0.5) is 0 Å². The third-order valence-electron chi connectivity index (χ3n) is 4.85. The van der Waals surface area contributed by atoms with E-state index in [4.69, 9.17) is 4.74 Å². The Bertz CT molecular complexity index is 1140. The van der Waals surface area contributed by atoms with Gasteiger partial charge >= 0.3 is 5.97 Å². The number of hydrogen-bond donors (Lipinski definition) is 0. The number of likely N-dealkylation sites (tertiary alicyclic amines) is 1. The van der Waals surface area contributed by atoms with Gasteiger partial charge < -0.3 is 4.74 Å². The van der Waals surface area contributed by atoms with Gasteiger partial charge in [0.1, 0.15) is 6.54 Å². The number of sulfonamides is 1. The molecule has 1 saturated heterocycles. The first-order valence-corrected chi connectivity index (χ1v) is 10.7. The molecular weight excluding hydrogens is 408 g/mol. The van der Waals surface area contributed by atoms with E-state index in [9.17, 15) is 22.8 Å². The number of ether oxygens (including phenoxy) is 1. The maximum Gasteiger partial charge on any atom is 0.331 e. The first kappa shape index (κ1) is 19.8. The first-order chi connectivity index (χ1) is 14.4. The molecule has 0 bridgehead atoms. The van der Waals surface area contributed by atoms with Crippen molar-refractivity contribution in [2.75, 3.05) is 6.54 Å². The molecule has 4 rings (SSSR count). The highest BCUT2D eigenvalue weighted by Gasteiger charge is 2.35. The van der Waals surface area contributed by atoms with E-state index in [-0.39, 0.29) is 35.6 Å². The molecule has 0 aliphatic carbocycles. The molecule has 154 valence electrons. The largest absolute Gasteiger partial charge is 0.423 e. The van der Waals surface area contributed by atoms with Gasteiger partial charge in [0.25, 0.3) is 10.0 Å². The summed E-state index contributed by atoms with van der Waals surface area (Å²) in [5.74, 6) is -1.63. The molecular formula is C21H18N2O6S. The molecule has 0 aromatic heterocycles. The van der Waals surface area contributed by atoms with Gasteiger partial charge in [0.15, 0.2) is 5.76 Å². The Morgan fingerprint density at radius 1 is 0.933 bits per heavy atom. The lowest BCUT2D eigenvalue weighted by atomic mass is 10.2. The summed E-state index contributed by atoms with van der Waals surface area (Å²) in [5.41, 5.74) is 1.00. The molecule has 8 nitrogen and oxygen atoms in total. The van der Waals surface area contributed by atoms with Gasteiger partial charge in [-0.25, -0.2) is 13.2 Å². The molecule has 2 aliphatic heterocycles. The molecule has 2 amide bonds. The van der Waals surface area contributed by atoms with Crippen LogP contribution in [0.25, 0.3) is 5.76 Å². The summed E-state index contributed by atoms with van der Waals surface area (Å²) in [6, 6.07) is 15.2. The van der Waals surface area contributed by atoms with Crippen molar-refractivity contribution in [1.82, 2.24) is 9.21 Å². The molecule has 9 heteroatoms. The third kappa shape index (κ3) is 3.71. The first-order valence-electron chi connectivity index (χ1n) is 9.27. The number of carbonyl (C=O) groups excluding carboxylic acids is 3. The normalized spacial score (nSPS) is 17.5.